The third kappa shape index (κ3) is 3.17. The summed E-state index contributed by atoms with van der Waals surface area (Å²) in [5.41, 5.74) is 1.72. The number of rotatable bonds is 3. The average Bonchev–Trinajstić information content (AvgIpc) is 2.44. The maximum Gasteiger partial charge on any atom is 0.289 e. The van der Waals surface area contributed by atoms with Crippen LogP contribution in [-0.2, 0) is 0 Å². The van der Waals surface area contributed by atoms with Gasteiger partial charge in [0.15, 0.2) is 0 Å². The Labute approximate surface area is 129 Å². The average molecular weight is 348 g/mol. The summed E-state index contributed by atoms with van der Waals surface area (Å²) in [4.78, 5) is 13.9. The van der Waals surface area contributed by atoms with Gasteiger partial charge >= 0.3 is 0 Å². The third-order valence-electron chi connectivity index (χ3n) is 2.79. The Morgan fingerprint density at radius 2 is 1.95 bits per heavy atom. The molecule has 0 amide bonds. The zero-order valence-corrected chi connectivity index (χ0v) is 12.8. The molecule has 1 aromatic carbocycles. The molecule has 2 aromatic rings. The quantitative estimate of drug-likeness (QED) is 0.617. The van der Waals surface area contributed by atoms with E-state index in [1.54, 1.807) is 12.1 Å². The minimum atomic E-state index is -0.606. The predicted octanol–water partition coefficient (Wildman–Crippen LogP) is 4.03. The van der Waals surface area contributed by atoms with E-state index in [9.17, 15) is 10.1 Å². The molecule has 0 spiro atoms. The first kappa shape index (κ1) is 14.9. The molecule has 0 aliphatic rings. The topological polar surface area (TPSA) is 89.1 Å². The molecule has 1 heterocycles. The molecule has 106 valence electrons. The zero-order chi connectivity index (χ0) is 15.6. The normalized spacial score (nSPS) is 10.0. The fourth-order valence-corrected chi connectivity index (χ4v) is 2.01. The monoisotopic (exact) mass is 347 g/mol. The molecule has 1 aromatic heterocycles. The lowest BCUT2D eigenvalue weighted by Crippen LogP contribution is -1.96. The van der Waals surface area contributed by atoms with E-state index in [1.165, 1.54) is 0 Å². The third-order valence-corrected chi connectivity index (χ3v) is 4.04. The van der Waals surface area contributed by atoms with Crippen molar-refractivity contribution in [1.29, 1.82) is 5.26 Å². The van der Waals surface area contributed by atoms with Gasteiger partial charge in [-0.2, -0.15) is 5.26 Å². The zero-order valence-electron chi connectivity index (χ0n) is 11.3. The summed E-state index contributed by atoms with van der Waals surface area (Å²) in [5, 5.41) is 19.7. The molecule has 0 saturated carbocycles. The molecule has 6 nitrogen and oxygen atoms in total. The van der Waals surface area contributed by atoms with E-state index < -0.39 is 4.92 Å². The Bertz CT molecular complexity index is 746. The number of hydrogen-bond acceptors (Lipinski definition) is 5. The molecular weight excluding hydrogens is 338 g/mol. The molecule has 0 bridgehead atoms. The Morgan fingerprint density at radius 3 is 2.48 bits per heavy atom. The van der Waals surface area contributed by atoms with Crippen molar-refractivity contribution in [2.75, 3.05) is 0 Å². The van der Waals surface area contributed by atoms with Gasteiger partial charge in [0.05, 0.1) is 4.92 Å². The summed E-state index contributed by atoms with van der Waals surface area (Å²) in [6, 6.07) is 6.58. The highest BCUT2D eigenvalue weighted by Crippen LogP contribution is 2.30. The number of aromatic nitrogens is 1. The number of nitrogens with zero attached hydrogens (tertiary/aromatic N) is 3. The summed E-state index contributed by atoms with van der Waals surface area (Å²) in [5.74, 6) is 0.565. The van der Waals surface area contributed by atoms with Gasteiger partial charge in [0.1, 0.15) is 23.6 Å². The smallest absolute Gasteiger partial charge is 0.289 e. The lowest BCUT2D eigenvalue weighted by molar-refractivity contribution is -0.385. The van der Waals surface area contributed by atoms with E-state index in [0.29, 0.717) is 5.75 Å². The molecule has 0 saturated heterocycles. The first-order valence-electron chi connectivity index (χ1n) is 5.91. The van der Waals surface area contributed by atoms with Crippen LogP contribution in [0.3, 0.4) is 0 Å². The van der Waals surface area contributed by atoms with E-state index in [4.69, 9.17) is 10.00 Å². The van der Waals surface area contributed by atoms with Gasteiger partial charge in [0, 0.05) is 10.5 Å². The maximum absolute atomic E-state index is 10.7. The number of halogens is 1. The minimum Gasteiger partial charge on any atom is -0.438 e. The molecule has 0 radical (unpaired) electrons. The number of benzene rings is 1. The number of nitriles is 1. The van der Waals surface area contributed by atoms with Crippen LogP contribution in [-0.4, -0.2) is 9.91 Å². The molecule has 0 atom stereocenters. The predicted molar refractivity (Wildman–Crippen MR) is 79.3 cm³/mol. The lowest BCUT2D eigenvalue weighted by atomic mass is 10.1. The Balaban J connectivity index is 2.40. The molecular formula is C14H10BrN3O3. The molecule has 7 heteroatoms. The maximum atomic E-state index is 10.7. The van der Waals surface area contributed by atoms with Crippen LogP contribution in [0.4, 0.5) is 5.69 Å². The highest BCUT2D eigenvalue weighted by molar-refractivity contribution is 9.10. The molecule has 0 aliphatic heterocycles. The van der Waals surface area contributed by atoms with Crippen LogP contribution in [0.5, 0.6) is 11.6 Å². The van der Waals surface area contributed by atoms with Gasteiger partial charge in [-0.3, -0.25) is 10.1 Å². The fourth-order valence-electron chi connectivity index (χ4n) is 1.78. The van der Waals surface area contributed by atoms with E-state index in [0.717, 1.165) is 27.9 Å². The summed E-state index contributed by atoms with van der Waals surface area (Å²) >= 11 is 3.45. The van der Waals surface area contributed by atoms with Gasteiger partial charge in [0.25, 0.3) is 5.69 Å². The van der Waals surface area contributed by atoms with E-state index in [1.807, 2.05) is 19.9 Å². The van der Waals surface area contributed by atoms with Crippen LogP contribution in [0.25, 0.3) is 0 Å². The molecule has 0 N–H and O–H groups in total. The van der Waals surface area contributed by atoms with Crippen LogP contribution in [0.1, 0.15) is 16.7 Å². The Morgan fingerprint density at radius 1 is 1.33 bits per heavy atom. The number of nitro groups is 1. The minimum absolute atomic E-state index is 0.0161. The second kappa shape index (κ2) is 5.89. The first-order valence-corrected chi connectivity index (χ1v) is 6.71. The largest absolute Gasteiger partial charge is 0.438 e. The Kier molecular flexibility index (Phi) is 4.19. The standard InChI is InChI=1S/C14H10BrN3O3/c1-8-3-12(4-9(2)13(8)15)21-14-10(6-16)5-11(7-17-14)18(19)20/h3-5,7H,1-2H3. The number of ether oxygens (including phenoxy) is 1. The number of aryl methyl sites for hydroxylation is 2. The van der Waals surface area contributed by atoms with Crippen molar-refractivity contribution in [3.8, 4) is 17.7 Å². The van der Waals surface area contributed by atoms with Crippen molar-refractivity contribution in [2.24, 2.45) is 0 Å². The van der Waals surface area contributed by atoms with Gasteiger partial charge in [-0.05, 0) is 37.1 Å². The van der Waals surface area contributed by atoms with Crippen LogP contribution < -0.4 is 4.74 Å². The van der Waals surface area contributed by atoms with Gasteiger partial charge in [-0.1, -0.05) is 15.9 Å². The summed E-state index contributed by atoms with van der Waals surface area (Å²) in [6.07, 6.45) is 1.06. The van der Waals surface area contributed by atoms with Crippen molar-refractivity contribution in [3.63, 3.8) is 0 Å². The van der Waals surface area contributed by atoms with Crippen LogP contribution in [0.2, 0.25) is 0 Å². The SMILES string of the molecule is Cc1cc(Oc2ncc([N+](=O)[O-])cc2C#N)cc(C)c1Br. The molecule has 21 heavy (non-hydrogen) atoms. The molecule has 0 unspecified atom stereocenters. The summed E-state index contributed by atoms with van der Waals surface area (Å²) in [6.45, 7) is 3.83. The van der Waals surface area contributed by atoms with Gasteiger partial charge < -0.3 is 4.74 Å². The second-order valence-corrected chi connectivity index (χ2v) is 5.18. The van der Waals surface area contributed by atoms with Crippen molar-refractivity contribution in [2.45, 2.75) is 13.8 Å². The van der Waals surface area contributed by atoms with Crippen molar-refractivity contribution < 1.29 is 9.66 Å². The van der Waals surface area contributed by atoms with Gasteiger partial charge in [-0.25, -0.2) is 4.98 Å². The van der Waals surface area contributed by atoms with E-state index >= 15 is 0 Å². The van der Waals surface area contributed by atoms with Crippen LogP contribution in [0, 0.1) is 35.3 Å². The van der Waals surface area contributed by atoms with Crippen molar-refractivity contribution in [1.82, 2.24) is 4.98 Å². The van der Waals surface area contributed by atoms with Gasteiger partial charge in [0.2, 0.25) is 5.88 Å². The summed E-state index contributed by atoms with van der Waals surface area (Å²) in [7, 11) is 0. The second-order valence-electron chi connectivity index (χ2n) is 4.39. The first-order chi connectivity index (χ1) is 9.92. The summed E-state index contributed by atoms with van der Waals surface area (Å²) < 4.78 is 6.55. The van der Waals surface area contributed by atoms with Gasteiger partial charge in [-0.15, -0.1) is 0 Å². The molecule has 0 fully saturated rings. The highest BCUT2D eigenvalue weighted by atomic mass is 79.9. The molecule has 0 aliphatic carbocycles. The van der Waals surface area contributed by atoms with Crippen LogP contribution in [0.15, 0.2) is 28.9 Å². The fraction of sp³-hybridized carbons (Fsp3) is 0.143. The van der Waals surface area contributed by atoms with E-state index in [2.05, 4.69) is 20.9 Å². The number of pyridine rings is 1. The van der Waals surface area contributed by atoms with Crippen LogP contribution >= 0.6 is 15.9 Å². The van der Waals surface area contributed by atoms with Crippen molar-refractivity contribution in [3.05, 3.63) is 55.7 Å². The highest BCUT2D eigenvalue weighted by Gasteiger charge is 2.14. The number of hydrogen-bond donors (Lipinski definition) is 0. The Hall–Kier alpha value is -2.46. The lowest BCUT2D eigenvalue weighted by Gasteiger charge is -2.09. The molecule has 2 rings (SSSR count). The van der Waals surface area contributed by atoms with Crippen molar-refractivity contribution >= 4 is 21.6 Å². The van der Waals surface area contributed by atoms with E-state index in [-0.39, 0.29) is 17.1 Å².